The Labute approximate surface area is 226 Å². The topological polar surface area (TPSA) is 44.8 Å². The summed E-state index contributed by atoms with van der Waals surface area (Å²) in [6, 6.07) is 20.0. The lowest BCUT2D eigenvalue weighted by molar-refractivity contribution is -0.169. The average Bonchev–Trinajstić information content (AvgIpc) is 2.83. The molecule has 0 aliphatic rings. The maximum atomic E-state index is 13.9. The zero-order valence-corrected chi connectivity index (χ0v) is 25.6. The average molecular weight is 525 g/mol. The van der Waals surface area contributed by atoms with E-state index in [4.69, 9.17) is 13.9 Å². The number of esters is 1. The normalized spacial score (nSPS) is 14.7. The Balaban J connectivity index is 2.51. The molecule has 0 N–H and O–H groups in total. The minimum absolute atomic E-state index is 0.0654. The standard InChI is InChI=1S/C32H48O4Si/c1-23(2)29(24(3)4)36-31(33)30(34-22-26-17-13-11-14-18-26)28(27-19-15-12-16-20-27)25(5)21-35-37(9,10)32(6,7)8/h11-21,23-24,28-30H,22H2,1-10H3/b25-21+. The summed E-state index contributed by atoms with van der Waals surface area (Å²) in [6.45, 7) is 21.8. The van der Waals surface area contributed by atoms with E-state index in [1.54, 1.807) is 0 Å². The van der Waals surface area contributed by atoms with Crippen LogP contribution in [0.25, 0.3) is 0 Å². The van der Waals surface area contributed by atoms with Crippen molar-refractivity contribution in [2.45, 2.75) is 98.3 Å². The van der Waals surface area contributed by atoms with Crippen LogP contribution < -0.4 is 0 Å². The number of hydrogen-bond donors (Lipinski definition) is 0. The summed E-state index contributed by atoms with van der Waals surface area (Å²) in [6.07, 6.45) is 0.852. The summed E-state index contributed by atoms with van der Waals surface area (Å²) < 4.78 is 19.1. The number of hydrogen-bond acceptors (Lipinski definition) is 4. The van der Waals surface area contributed by atoms with Crippen molar-refractivity contribution in [3.63, 3.8) is 0 Å². The van der Waals surface area contributed by atoms with Crippen molar-refractivity contribution in [3.8, 4) is 0 Å². The van der Waals surface area contributed by atoms with Gasteiger partial charge in [-0.3, -0.25) is 0 Å². The second-order valence-corrected chi connectivity index (χ2v) is 17.0. The molecule has 5 heteroatoms. The molecule has 2 aromatic carbocycles. The van der Waals surface area contributed by atoms with E-state index in [1.165, 1.54) is 0 Å². The van der Waals surface area contributed by atoms with E-state index in [0.717, 1.165) is 16.7 Å². The molecule has 0 saturated heterocycles. The van der Waals surface area contributed by atoms with Gasteiger partial charge in [-0.25, -0.2) is 4.79 Å². The molecule has 0 bridgehead atoms. The summed E-state index contributed by atoms with van der Waals surface area (Å²) >= 11 is 0. The minimum atomic E-state index is -2.04. The highest BCUT2D eigenvalue weighted by molar-refractivity contribution is 6.74. The molecule has 204 valence electrons. The van der Waals surface area contributed by atoms with Crippen molar-refractivity contribution in [3.05, 3.63) is 83.6 Å². The van der Waals surface area contributed by atoms with Crippen LogP contribution in [0.3, 0.4) is 0 Å². The van der Waals surface area contributed by atoms with Crippen LogP contribution in [0.5, 0.6) is 0 Å². The maximum absolute atomic E-state index is 13.9. The molecule has 0 aromatic heterocycles. The number of ether oxygens (including phenoxy) is 2. The van der Waals surface area contributed by atoms with Crippen LogP contribution in [0.2, 0.25) is 18.1 Å². The highest BCUT2D eigenvalue weighted by Crippen LogP contribution is 2.38. The van der Waals surface area contributed by atoms with Gasteiger partial charge in [-0.15, -0.1) is 0 Å². The van der Waals surface area contributed by atoms with Gasteiger partial charge in [0, 0.05) is 5.92 Å². The van der Waals surface area contributed by atoms with Gasteiger partial charge in [0.25, 0.3) is 0 Å². The first kappa shape index (κ1) is 30.8. The Morgan fingerprint density at radius 3 is 1.89 bits per heavy atom. The van der Waals surface area contributed by atoms with Crippen LogP contribution in [0.4, 0.5) is 0 Å². The molecule has 0 spiro atoms. The molecule has 4 nitrogen and oxygen atoms in total. The molecular formula is C32H48O4Si. The van der Waals surface area contributed by atoms with Crippen LogP contribution in [-0.4, -0.2) is 26.5 Å². The van der Waals surface area contributed by atoms with Gasteiger partial charge in [-0.2, -0.15) is 0 Å². The first-order valence-corrected chi connectivity index (χ1v) is 16.4. The van der Waals surface area contributed by atoms with Gasteiger partial charge in [0.1, 0.15) is 6.10 Å². The van der Waals surface area contributed by atoms with E-state index in [9.17, 15) is 4.79 Å². The van der Waals surface area contributed by atoms with E-state index in [2.05, 4.69) is 61.6 Å². The van der Waals surface area contributed by atoms with Crippen molar-refractivity contribution in [1.29, 1.82) is 0 Å². The quantitative estimate of drug-likeness (QED) is 0.159. The molecular weight excluding hydrogens is 476 g/mol. The summed E-state index contributed by atoms with van der Waals surface area (Å²) in [4.78, 5) is 13.9. The van der Waals surface area contributed by atoms with Crippen molar-refractivity contribution >= 4 is 14.3 Å². The Kier molecular flexibility index (Phi) is 11.2. The van der Waals surface area contributed by atoms with E-state index in [-0.39, 0.29) is 34.9 Å². The lowest BCUT2D eigenvalue weighted by Crippen LogP contribution is -2.40. The van der Waals surface area contributed by atoms with Gasteiger partial charge >= 0.3 is 5.97 Å². The third-order valence-corrected chi connectivity index (χ3v) is 11.7. The lowest BCUT2D eigenvalue weighted by atomic mass is 9.87. The number of rotatable bonds is 12. The highest BCUT2D eigenvalue weighted by atomic mass is 28.4. The minimum Gasteiger partial charge on any atom is -0.549 e. The lowest BCUT2D eigenvalue weighted by Gasteiger charge is -2.36. The molecule has 0 radical (unpaired) electrons. The molecule has 2 unspecified atom stereocenters. The van der Waals surface area contributed by atoms with Gasteiger partial charge in [-0.05, 0) is 53.6 Å². The SMILES string of the molecule is C/C(=C\O[Si](C)(C)C(C)(C)C)C(c1ccccc1)C(OCc1ccccc1)C(=O)OC(C(C)C)C(C)C. The third kappa shape index (κ3) is 8.86. The van der Waals surface area contributed by atoms with Gasteiger partial charge in [0.2, 0.25) is 8.32 Å². The Hall–Kier alpha value is -2.37. The maximum Gasteiger partial charge on any atom is 0.336 e. The first-order valence-electron chi connectivity index (χ1n) is 13.5. The van der Waals surface area contributed by atoms with Crippen molar-refractivity contribution in [1.82, 2.24) is 0 Å². The Morgan fingerprint density at radius 1 is 0.892 bits per heavy atom. The van der Waals surface area contributed by atoms with E-state index in [0.29, 0.717) is 6.61 Å². The van der Waals surface area contributed by atoms with Crippen molar-refractivity contribution in [2.24, 2.45) is 11.8 Å². The molecule has 0 aliphatic heterocycles. The van der Waals surface area contributed by atoms with Gasteiger partial charge in [0.05, 0.1) is 12.9 Å². The second-order valence-electron chi connectivity index (χ2n) is 12.2. The number of carbonyl (C=O) groups excluding carboxylic acids is 1. The van der Waals surface area contributed by atoms with E-state index in [1.807, 2.05) is 73.8 Å². The molecule has 0 aliphatic carbocycles. The molecule has 0 fully saturated rings. The van der Waals surface area contributed by atoms with Crippen LogP contribution in [-0.2, 0) is 25.3 Å². The molecule has 37 heavy (non-hydrogen) atoms. The predicted octanol–water partition coefficient (Wildman–Crippen LogP) is 8.51. The Morgan fingerprint density at radius 2 is 1.41 bits per heavy atom. The zero-order valence-electron chi connectivity index (χ0n) is 24.6. The smallest absolute Gasteiger partial charge is 0.336 e. The number of carbonyl (C=O) groups is 1. The summed E-state index contributed by atoms with van der Waals surface area (Å²) in [5.41, 5.74) is 2.95. The van der Waals surface area contributed by atoms with Gasteiger partial charge in [0.15, 0.2) is 6.10 Å². The van der Waals surface area contributed by atoms with Crippen molar-refractivity contribution < 1.29 is 18.7 Å². The fourth-order valence-corrected chi connectivity index (χ4v) is 4.96. The summed E-state index contributed by atoms with van der Waals surface area (Å²) in [7, 11) is -2.04. The first-order chi connectivity index (χ1) is 17.2. The highest BCUT2D eigenvalue weighted by Gasteiger charge is 2.39. The predicted molar refractivity (Wildman–Crippen MR) is 156 cm³/mol. The molecule has 0 amide bonds. The second kappa shape index (κ2) is 13.4. The number of benzene rings is 2. The molecule has 0 heterocycles. The van der Waals surface area contributed by atoms with E-state index < -0.39 is 14.4 Å². The van der Waals surface area contributed by atoms with Crippen LogP contribution in [0, 0.1) is 11.8 Å². The van der Waals surface area contributed by atoms with Gasteiger partial charge in [-0.1, -0.05) is 109 Å². The van der Waals surface area contributed by atoms with Crippen LogP contribution >= 0.6 is 0 Å². The fourth-order valence-electron chi connectivity index (χ4n) is 4.13. The molecule has 0 saturated carbocycles. The monoisotopic (exact) mass is 524 g/mol. The van der Waals surface area contributed by atoms with Crippen molar-refractivity contribution in [2.75, 3.05) is 0 Å². The van der Waals surface area contributed by atoms with Gasteiger partial charge < -0.3 is 13.9 Å². The molecule has 2 atom stereocenters. The van der Waals surface area contributed by atoms with Crippen LogP contribution in [0.1, 0.15) is 72.4 Å². The summed E-state index contributed by atoms with van der Waals surface area (Å²) in [5.74, 6) is -0.278. The molecule has 2 aromatic rings. The zero-order chi connectivity index (χ0) is 27.8. The Bertz CT molecular complexity index is 982. The summed E-state index contributed by atoms with van der Waals surface area (Å²) in [5, 5.41) is 0.0654. The molecule has 2 rings (SSSR count). The largest absolute Gasteiger partial charge is 0.549 e. The van der Waals surface area contributed by atoms with Crippen LogP contribution in [0.15, 0.2) is 72.5 Å². The van der Waals surface area contributed by atoms with E-state index >= 15 is 0 Å². The fraction of sp³-hybridized carbons (Fsp3) is 0.531. The third-order valence-electron chi connectivity index (χ3n) is 7.37.